The number of ketones is 1. The lowest BCUT2D eigenvalue weighted by Gasteiger charge is -2.14. The number of β-amino-alcohol motifs (C(OH)–C–C–N with tert-alkyl or cyclic N) is 1. The number of carbonyl (C=O) groups excluding carboxylic acids is 3. The van der Waals surface area contributed by atoms with Crippen LogP contribution in [-0.2, 0) is 22.7 Å². The van der Waals surface area contributed by atoms with E-state index in [9.17, 15) is 19.5 Å². The van der Waals surface area contributed by atoms with Crippen LogP contribution in [0.4, 0.5) is 0 Å². The van der Waals surface area contributed by atoms with E-state index in [0.29, 0.717) is 24.4 Å². The van der Waals surface area contributed by atoms with Crippen molar-refractivity contribution in [2.75, 3.05) is 19.7 Å². The number of nitrogens with two attached hydrogens (primary N) is 1. The zero-order valence-corrected chi connectivity index (χ0v) is 17.8. The molecule has 1 saturated heterocycles. The summed E-state index contributed by atoms with van der Waals surface area (Å²) in [7, 11) is 0. The van der Waals surface area contributed by atoms with Gasteiger partial charge in [0, 0.05) is 18.7 Å². The zero-order valence-electron chi connectivity index (χ0n) is 17.0. The summed E-state index contributed by atoms with van der Waals surface area (Å²) in [6.07, 6.45) is -0.950. The number of aliphatic hydroxyl groups is 1. The van der Waals surface area contributed by atoms with E-state index < -0.39 is 6.10 Å². The second-order valence-electron chi connectivity index (χ2n) is 7.08. The number of ether oxygens (including phenoxy) is 1. The van der Waals surface area contributed by atoms with Crippen LogP contribution < -0.4 is 15.8 Å². The minimum absolute atomic E-state index is 0. The third-order valence-electron chi connectivity index (χ3n) is 4.88. The van der Waals surface area contributed by atoms with Crippen LogP contribution >= 0.6 is 12.4 Å². The Morgan fingerprint density at radius 2 is 1.74 bits per heavy atom. The molecule has 2 aromatic carbocycles. The van der Waals surface area contributed by atoms with Crippen LogP contribution in [0.2, 0.25) is 0 Å². The Bertz CT molecular complexity index is 902. The van der Waals surface area contributed by atoms with Crippen molar-refractivity contribution >= 4 is 30.0 Å². The first kappa shape index (κ1) is 24.3. The molecule has 0 radical (unpaired) electrons. The summed E-state index contributed by atoms with van der Waals surface area (Å²) in [5.41, 5.74) is 8.01. The Morgan fingerprint density at radius 1 is 1.10 bits per heavy atom. The number of rotatable bonds is 8. The van der Waals surface area contributed by atoms with E-state index in [0.717, 1.165) is 11.1 Å². The average Bonchev–Trinajstić information content (AvgIpc) is 3.11. The molecule has 1 atom stereocenters. The molecule has 3 rings (SSSR count). The maximum absolute atomic E-state index is 12.2. The van der Waals surface area contributed by atoms with Gasteiger partial charge in [-0.25, -0.2) is 0 Å². The highest BCUT2D eigenvalue weighted by atomic mass is 35.5. The van der Waals surface area contributed by atoms with Gasteiger partial charge < -0.3 is 25.8 Å². The highest BCUT2D eigenvalue weighted by Crippen LogP contribution is 2.14. The van der Waals surface area contributed by atoms with Gasteiger partial charge in [0.2, 0.25) is 5.91 Å². The largest absolute Gasteiger partial charge is 0.493 e. The minimum Gasteiger partial charge on any atom is -0.493 e. The number of Topliss-reactive ketones (excluding diaryl/α,β-unsaturated/α-hetero) is 1. The van der Waals surface area contributed by atoms with Crippen molar-refractivity contribution in [2.24, 2.45) is 5.73 Å². The van der Waals surface area contributed by atoms with Gasteiger partial charge in [-0.3, -0.25) is 14.4 Å². The average molecular weight is 448 g/mol. The molecule has 166 valence electrons. The van der Waals surface area contributed by atoms with E-state index in [2.05, 4.69) is 5.32 Å². The molecule has 0 spiro atoms. The molecule has 31 heavy (non-hydrogen) atoms. The van der Waals surface area contributed by atoms with Crippen molar-refractivity contribution < 1.29 is 24.2 Å². The summed E-state index contributed by atoms with van der Waals surface area (Å²) in [6, 6.07) is 14.4. The third-order valence-corrected chi connectivity index (χ3v) is 4.88. The van der Waals surface area contributed by atoms with Gasteiger partial charge in [0.15, 0.2) is 5.78 Å². The van der Waals surface area contributed by atoms with Crippen LogP contribution in [0.3, 0.4) is 0 Å². The highest BCUT2D eigenvalue weighted by Gasteiger charge is 2.31. The Kier molecular flexibility index (Phi) is 8.99. The van der Waals surface area contributed by atoms with Gasteiger partial charge in [0.1, 0.15) is 11.9 Å². The fourth-order valence-electron chi connectivity index (χ4n) is 3.05. The lowest BCUT2D eigenvalue weighted by molar-refractivity contribution is -0.132. The quantitative estimate of drug-likeness (QED) is 0.555. The van der Waals surface area contributed by atoms with E-state index in [1.807, 2.05) is 24.3 Å². The number of benzene rings is 2. The Morgan fingerprint density at radius 3 is 2.32 bits per heavy atom. The topological polar surface area (TPSA) is 122 Å². The Labute approximate surface area is 186 Å². The fraction of sp³-hybridized carbons (Fsp3) is 0.318. The van der Waals surface area contributed by atoms with Gasteiger partial charge in [-0.05, 0) is 35.4 Å². The molecule has 4 N–H and O–H groups in total. The molecule has 1 heterocycles. The fourth-order valence-corrected chi connectivity index (χ4v) is 3.05. The molecule has 1 aliphatic heterocycles. The van der Waals surface area contributed by atoms with Crippen LogP contribution in [0.15, 0.2) is 48.5 Å². The summed E-state index contributed by atoms with van der Waals surface area (Å²) in [6.45, 7) is 0.994. The number of hydrogen-bond acceptors (Lipinski definition) is 6. The van der Waals surface area contributed by atoms with Crippen LogP contribution in [0.25, 0.3) is 0 Å². The minimum atomic E-state index is -1.08. The molecule has 9 heteroatoms. The number of halogens is 1. The molecule has 2 aromatic rings. The lowest BCUT2D eigenvalue weighted by atomic mass is 10.1. The van der Waals surface area contributed by atoms with E-state index >= 15 is 0 Å². The number of hydrogen-bond donors (Lipinski definition) is 3. The first-order chi connectivity index (χ1) is 14.5. The normalized spacial score (nSPS) is 15.4. The van der Waals surface area contributed by atoms with E-state index in [4.69, 9.17) is 10.5 Å². The monoisotopic (exact) mass is 447 g/mol. The van der Waals surface area contributed by atoms with Gasteiger partial charge in [-0.2, -0.15) is 0 Å². The van der Waals surface area contributed by atoms with Crippen LogP contribution in [0.1, 0.15) is 27.9 Å². The SMILES string of the molecule is Cl.NCc1ccc(C(=O)NCc2ccc(OCCC(=O)N3CC(=O)C(O)C3)cc2)cc1. The van der Waals surface area contributed by atoms with E-state index in [1.165, 1.54) is 4.90 Å². The Balaban J connectivity index is 0.00000341. The van der Waals surface area contributed by atoms with Gasteiger partial charge >= 0.3 is 0 Å². The Hall–Kier alpha value is -2.94. The molecule has 0 saturated carbocycles. The number of amides is 2. The number of carbonyl (C=O) groups is 3. The second-order valence-corrected chi connectivity index (χ2v) is 7.08. The molecule has 8 nitrogen and oxygen atoms in total. The molecule has 0 aliphatic carbocycles. The zero-order chi connectivity index (χ0) is 21.5. The molecule has 2 amide bonds. The highest BCUT2D eigenvalue weighted by molar-refractivity contribution is 5.94. The van der Waals surface area contributed by atoms with E-state index in [1.54, 1.807) is 24.3 Å². The van der Waals surface area contributed by atoms with Gasteiger partial charge in [0.05, 0.1) is 26.1 Å². The summed E-state index contributed by atoms with van der Waals surface area (Å²) >= 11 is 0. The maximum Gasteiger partial charge on any atom is 0.251 e. The van der Waals surface area contributed by atoms with Crippen molar-refractivity contribution in [3.05, 3.63) is 65.2 Å². The van der Waals surface area contributed by atoms with Crippen LogP contribution in [0, 0.1) is 0 Å². The first-order valence-corrected chi connectivity index (χ1v) is 9.74. The molecular weight excluding hydrogens is 422 g/mol. The summed E-state index contributed by atoms with van der Waals surface area (Å²) in [5, 5.41) is 12.3. The first-order valence-electron chi connectivity index (χ1n) is 9.74. The van der Waals surface area contributed by atoms with Crippen molar-refractivity contribution in [3.8, 4) is 5.75 Å². The maximum atomic E-state index is 12.2. The smallest absolute Gasteiger partial charge is 0.251 e. The predicted molar refractivity (Wildman–Crippen MR) is 117 cm³/mol. The van der Waals surface area contributed by atoms with Gasteiger partial charge in [-0.1, -0.05) is 24.3 Å². The van der Waals surface area contributed by atoms with Gasteiger partial charge in [0.25, 0.3) is 5.91 Å². The number of likely N-dealkylation sites (tertiary alicyclic amines) is 1. The van der Waals surface area contributed by atoms with Crippen LogP contribution in [0.5, 0.6) is 5.75 Å². The predicted octanol–water partition coefficient (Wildman–Crippen LogP) is 1.04. The van der Waals surface area contributed by atoms with Crippen molar-refractivity contribution in [1.82, 2.24) is 10.2 Å². The van der Waals surface area contributed by atoms with E-state index in [-0.39, 0.29) is 56.1 Å². The number of aliphatic hydroxyl groups excluding tert-OH is 1. The van der Waals surface area contributed by atoms with Crippen LogP contribution in [-0.4, -0.2) is 53.4 Å². The number of nitrogens with one attached hydrogen (secondary N) is 1. The summed E-state index contributed by atoms with van der Waals surface area (Å²) < 4.78 is 5.57. The lowest BCUT2D eigenvalue weighted by Crippen LogP contribution is -2.30. The second kappa shape index (κ2) is 11.5. The molecule has 1 fully saturated rings. The van der Waals surface area contributed by atoms with Gasteiger partial charge in [-0.15, -0.1) is 12.4 Å². The van der Waals surface area contributed by atoms with Crippen molar-refractivity contribution in [3.63, 3.8) is 0 Å². The molecule has 1 aliphatic rings. The molecule has 1 unspecified atom stereocenters. The van der Waals surface area contributed by atoms with Crippen molar-refractivity contribution in [2.45, 2.75) is 25.6 Å². The number of nitrogens with zero attached hydrogens (tertiary/aromatic N) is 1. The summed E-state index contributed by atoms with van der Waals surface area (Å²) in [4.78, 5) is 36.9. The molecule has 0 bridgehead atoms. The third kappa shape index (κ3) is 6.78. The molecule has 0 aromatic heterocycles. The van der Waals surface area contributed by atoms with Crippen molar-refractivity contribution in [1.29, 1.82) is 0 Å². The summed E-state index contributed by atoms with van der Waals surface area (Å²) in [5.74, 6) is -0.117. The molecular formula is C22H26ClN3O5. The standard InChI is InChI=1S/C22H25N3O5.ClH/c23-11-15-1-5-17(6-2-15)22(29)24-12-16-3-7-18(8-4-16)30-10-9-21(28)25-13-19(26)20(27)14-25;/h1-8,19,26H,9-14,23H2,(H,24,29);1H.